The largest absolute Gasteiger partial charge is 0.320 e. The van der Waals surface area contributed by atoms with E-state index in [1.807, 2.05) is 26.0 Å². The molecule has 25 heavy (non-hydrogen) atoms. The van der Waals surface area contributed by atoms with Gasteiger partial charge in [-0.25, -0.2) is 0 Å². The van der Waals surface area contributed by atoms with Crippen LogP contribution in [0.3, 0.4) is 0 Å². The van der Waals surface area contributed by atoms with Crippen molar-refractivity contribution < 1.29 is 9.28 Å². The van der Waals surface area contributed by atoms with Crippen molar-refractivity contribution in [3.8, 4) is 6.07 Å². The number of piperidine rings is 1. The number of nitriles is 1. The minimum absolute atomic E-state index is 0.193. The van der Waals surface area contributed by atoms with Gasteiger partial charge in [0, 0.05) is 18.5 Å². The van der Waals surface area contributed by atoms with Crippen molar-refractivity contribution in [1.29, 1.82) is 5.26 Å². The molecule has 1 saturated heterocycles. The fourth-order valence-electron chi connectivity index (χ4n) is 5.05. The van der Waals surface area contributed by atoms with E-state index in [2.05, 4.69) is 18.3 Å². The molecule has 4 nitrogen and oxygen atoms in total. The van der Waals surface area contributed by atoms with Crippen LogP contribution in [-0.2, 0) is 4.79 Å². The maximum atomic E-state index is 13.4. The molecule has 1 aromatic rings. The molecule has 1 aliphatic heterocycles. The Hall–Kier alpha value is -1.86. The van der Waals surface area contributed by atoms with Crippen molar-refractivity contribution in [3.63, 3.8) is 0 Å². The molecule has 1 aliphatic carbocycles. The van der Waals surface area contributed by atoms with Crippen LogP contribution < -0.4 is 5.32 Å². The fourth-order valence-corrected chi connectivity index (χ4v) is 5.05. The van der Waals surface area contributed by atoms with Gasteiger partial charge in [-0.2, -0.15) is 5.26 Å². The first-order valence-corrected chi connectivity index (χ1v) is 9.67. The Morgan fingerprint density at radius 1 is 1.16 bits per heavy atom. The molecular formula is C21H30N3O+. The standard InChI is InChI=1S/C21H29N3O/c1-4-24(11-6-5-7-12-24)21(9-8-10-21)20(25)23-19-16(2)13-18(15-22)14-17(19)3/h13-14H,4-12H2,1-3H3/p+1. The first-order chi connectivity index (χ1) is 12.0. The predicted molar refractivity (Wildman–Crippen MR) is 100 cm³/mol. The van der Waals surface area contributed by atoms with E-state index in [1.54, 1.807) is 0 Å². The van der Waals surface area contributed by atoms with Gasteiger partial charge in [0.2, 0.25) is 0 Å². The van der Waals surface area contributed by atoms with E-state index in [9.17, 15) is 4.79 Å². The molecule has 0 atom stereocenters. The highest BCUT2D eigenvalue weighted by Gasteiger charge is 2.59. The Morgan fingerprint density at radius 3 is 2.20 bits per heavy atom. The second-order valence-electron chi connectivity index (χ2n) is 7.91. The number of likely N-dealkylation sites (tertiary alicyclic amines) is 1. The Kier molecular flexibility index (Phi) is 4.88. The lowest BCUT2D eigenvalue weighted by Gasteiger charge is -2.57. The Morgan fingerprint density at radius 2 is 1.76 bits per heavy atom. The normalized spacial score (nSPS) is 21.0. The Balaban J connectivity index is 1.90. The monoisotopic (exact) mass is 340 g/mol. The van der Waals surface area contributed by atoms with Gasteiger partial charge in [0.15, 0.2) is 5.54 Å². The smallest absolute Gasteiger partial charge is 0.285 e. The Labute approximate surface area is 151 Å². The molecule has 1 amide bonds. The van der Waals surface area contributed by atoms with E-state index >= 15 is 0 Å². The number of carbonyl (C=O) groups is 1. The first kappa shape index (κ1) is 17.9. The molecule has 0 bridgehead atoms. The van der Waals surface area contributed by atoms with E-state index in [0.717, 1.165) is 60.2 Å². The molecule has 1 saturated carbocycles. The molecule has 3 rings (SSSR count). The number of rotatable bonds is 4. The highest BCUT2D eigenvalue weighted by molar-refractivity contribution is 5.99. The van der Waals surface area contributed by atoms with E-state index < -0.39 is 0 Å². The highest BCUT2D eigenvalue weighted by Crippen LogP contribution is 2.46. The number of nitrogens with zero attached hydrogens (tertiary/aromatic N) is 2. The zero-order valence-corrected chi connectivity index (χ0v) is 15.8. The van der Waals surface area contributed by atoms with Crippen LogP contribution in [0.15, 0.2) is 12.1 Å². The number of aryl methyl sites for hydroxylation is 2. The Bertz CT molecular complexity index is 683. The fraction of sp³-hybridized carbons (Fsp3) is 0.619. The maximum Gasteiger partial charge on any atom is 0.285 e. The van der Waals surface area contributed by atoms with Gasteiger partial charge in [-0.1, -0.05) is 0 Å². The van der Waals surface area contributed by atoms with Gasteiger partial charge >= 0.3 is 0 Å². The third-order valence-corrected chi connectivity index (χ3v) is 6.69. The zero-order valence-electron chi connectivity index (χ0n) is 15.8. The number of nitrogens with one attached hydrogen (secondary N) is 1. The number of likely N-dealkylation sites (N-methyl/N-ethyl adjacent to an activating group) is 1. The summed E-state index contributed by atoms with van der Waals surface area (Å²) in [7, 11) is 0. The third kappa shape index (κ3) is 2.85. The maximum absolute atomic E-state index is 13.4. The van der Waals surface area contributed by atoms with Gasteiger partial charge in [0.1, 0.15) is 0 Å². The molecule has 4 heteroatoms. The summed E-state index contributed by atoms with van der Waals surface area (Å²) in [5.41, 5.74) is 3.24. The van der Waals surface area contributed by atoms with Crippen molar-refractivity contribution in [3.05, 3.63) is 28.8 Å². The average Bonchev–Trinajstić information content (AvgIpc) is 2.57. The van der Waals surface area contributed by atoms with Crippen LogP contribution >= 0.6 is 0 Å². The average molecular weight is 340 g/mol. The van der Waals surface area contributed by atoms with Crippen LogP contribution in [0.4, 0.5) is 5.69 Å². The molecule has 0 unspecified atom stereocenters. The molecule has 1 aromatic carbocycles. The summed E-state index contributed by atoms with van der Waals surface area (Å²) in [6.07, 6.45) is 6.92. The second kappa shape index (κ2) is 6.80. The lowest BCUT2D eigenvalue weighted by atomic mass is 9.71. The van der Waals surface area contributed by atoms with Gasteiger partial charge in [-0.3, -0.25) is 4.79 Å². The summed E-state index contributed by atoms with van der Waals surface area (Å²) in [6, 6.07) is 5.92. The van der Waals surface area contributed by atoms with Crippen molar-refractivity contribution in [2.24, 2.45) is 0 Å². The number of benzene rings is 1. The highest BCUT2D eigenvalue weighted by atomic mass is 16.2. The molecule has 2 fully saturated rings. The van der Waals surface area contributed by atoms with Crippen LogP contribution in [0.1, 0.15) is 62.1 Å². The lowest BCUT2D eigenvalue weighted by molar-refractivity contribution is -0.974. The van der Waals surface area contributed by atoms with Crippen LogP contribution in [0.25, 0.3) is 0 Å². The number of anilines is 1. The van der Waals surface area contributed by atoms with Crippen LogP contribution in [0.2, 0.25) is 0 Å². The van der Waals surface area contributed by atoms with E-state index in [0.29, 0.717) is 5.56 Å². The SMILES string of the molecule is CC[N+]1(C2(C(=O)Nc3c(C)cc(C#N)cc3C)CCC2)CCCCC1. The minimum Gasteiger partial charge on any atom is -0.320 e. The summed E-state index contributed by atoms with van der Waals surface area (Å²) >= 11 is 0. The number of hydrogen-bond donors (Lipinski definition) is 1. The summed E-state index contributed by atoms with van der Waals surface area (Å²) in [6.45, 7) is 9.50. The molecule has 0 radical (unpaired) electrons. The summed E-state index contributed by atoms with van der Waals surface area (Å²) in [4.78, 5) is 13.4. The molecule has 1 N–H and O–H groups in total. The van der Waals surface area contributed by atoms with E-state index in [-0.39, 0.29) is 11.4 Å². The topological polar surface area (TPSA) is 52.9 Å². The van der Waals surface area contributed by atoms with Gasteiger partial charge in [0.05, 0.1) is 31.3 Å². The van der Waals surface area contributed by atoms with Crippen LogP contribution in [-0.4, -0.2) is 35.6 Å². The van der Waals surface area contributed by atoms with Gasteiger partial charge in [-0.15, -0.1) is 0 Å². The van der Waals surface area contributed by atoms with Crippen molar-refractivity contribution in [2.75, 3.05) is 25.0 Å². The summed E-state index contributed by atoms with van der Waals surface area (Å²) in [5, 5.41) is 12.4. The van der Waals surface area contributed by atoms with E-state index in [1.165, 1.54) is 19.3 Å². The third-order valence-electron chi connectivity index (χ3n) is 6.69. The quantitative estimate of drug-likeness (QED) is 0.841. The van der Waals surface area contributed by atoms with Crippen molar-refractivity contribution in [2.45, 2.75) is 64.8 Å². The lowest BCUT2D eigenvalue weighted by Crippen LogP contribution is -2.73. The molecule has 134 valence electrons. The number of carbonyl (C=O) groups excluding carboxylic acids is 1. The van der Waals surface area contributed by atoms with Crippen LogP contribution in [0, 0.1) is 25.2 Å². The minimum atomic E-state index is -0.248. The second-order valence-corrected chi connectivity index (χ2v) is 7.91. The molecule has 0 spiro atoms. The molecule has 1 heterocycles. The van der Waals surface area contributed by atoms with Gasteiger partial charge < -0.3 is 9.80 Å². The number of hydrogen-bond acceptors (Lipinski definition) is 2. The predicted octanol–water partition coefficient (Wildman–Crippen LogP) is 4.06. The van der Waals surface area contributed by atoms with E-state index in [4.69, 9.17) is 5.26 Å². The zero-order chi connectivity index (χ0) is 18.1. The van der Waals surface area contributed by atoms with Crippen LogP contribution in [0.5, 0.6) is 0 Å². The van der Waals surface area contributed by atoms with Crippen molar-refractivity contribution in [1.82, 2.24) is 0 Å². The molecule has 0 aromatic heterocycles. The van der Waals surface area contributed by atoms with Crippen molar-refractivity contribution >= 4 is 11.6 Å². The molecule has 2 aliphatic rings. The van der Waals surface area contributed by atoms with Gasteiger partial charge in [-0.05, 0) is 69.7 Å². The first-order valence-electron chi connectivity index (χ1n) is 9.67. The van der Waals surface area contributed by atoms with Gasteiger partial charge in [0.25, 0.3) is 5.91 Å². The summed E-state index contributed by atoms with van der Waals surface area (Å²) < 4.78 is 0.965. The summed E-state index contributed by atoms with van der Waals surface area (Å²) in [5.74, 6) is 0.193. The number of amides is 1. The number of quaternary nitrogens is 1. The molecular weight excluding hydrogens is 310 g/mol.